The fraction of sp³-hybridized carbons (Fsp3) is 0.381. The maximum Gasteiger partial charge on any atom is 0.253 e. The van der Waals surface area contributed by atoms with Gasteiger partial charge >= 0.3 is 0 Å². The molecule has 0 unspecified atom stereocenters. The first-order valence-electron chi connectivity index (χ1n) is 8.78. The normalized spacial score (nSPS) is 15.0. The van der Waals surface area contributed by atoms with E-state index in [4.69, 9.17) is 9.47 Å². The van der Waals surface area contributed by atoms with E-state index >= 15 is 0 Å². The highest BCUT2D eigenvalue weighted by molar-refractivity contribution is 5.93. The van der Waals surface area contributed by atoms with Crippen molar-refractivity contribution in [3.8, 4) is 11.5 Å². The molecule has 0 atom stereocenters. The quantitative estimate of drug-likeness (QED) is 0.821. The third kappa shape index (κ3) is 4.60. The number of hydrogen-bond donors (Lipinski definition) is 0. The summed E-state index contributed by atoms with van der Waals surface area (Å²) in [4.78, 5) is 13.5. The van der Waals surface area contributed by atoms with Gasteiger partial charge in [0.2, 0.25) is 0 Å². The summed E-state index contributed by atoms with van der Waals surface area (Å²) in [5.41, 5.74) is 1.88. The monoisotopic (exact) mass is 339 g/mol. The fourth-order valence-corrected chi connectivity index (χ4v) is 3.08. The molecule has 1 fully saturated rings. The van der Waals surface area contributed by atoms with Crippen LogP contribution in [0.1, 0.15) is 28.8 Å². The summed E-state index contributed by atoms with van der Waals surface area (Å²) in [5.74, 6) is 2.28. The first-order valence-corrected chi connectivity index (χ1v) is 8.78. The number of carbonyl (C=O) groups is 1. The standard InChI is InChI=1S/C21H25NO3/c1-22(2)21(23)17-7-9-19(10-8-17)25-20-6-4-3-5-18(20)15-16-11-13-24-14-12-16/h3-10,16H,11-15H2,1-2H3. The van der Waals surface area contributed by atoms with E-state index < -0.39 is 0 Å². The van der Waals surface area contributed by atoms with Gasteiger partial charge in [-0.3, -0.25) is 4.79 Å². The first kappa shape index (κ1) is 17.5. The minimum Gasteiger partial charge on any atom is -0.457 e. The summed E-state index contributed by atoms with van der Waals surface area (Å²) in [7, 11) is 3.50. The Bertz CT molecular complexity index is 703. The van der Waals surface area contributed by atoms with Crippen LogP contribution < -0.4 is 4.74 Å². The Morgan fingerprint density at radius 3 is 2.44 bits per heavy atom. The lowest BCUT2D eigenvalue weighted by molar-refractivity contribution is 0.0664. The van der Waals surface area contributed by atoms with Crippen LogP contribution in [-0.2, 0) is 11.2 Å². The molecule has 4 nitrogen and oxygen atoms in total. The van der Waals surface area contributed by atoms with E-state index in [2.05, 4.69) is 12.1 Å². The minimum atomic E-state index is -0.00790. The number of benzene rings is 2. The van der Waals surface area contributed by atoms with Crippen LogP contribution in [0.4, 0.5) is 0 Å². The zero-order valence-corrected chi connectivity index (χ0v) is 14.9. The van der Waals surface area contributed by atoms with E-state index in [0.717, 1.165) is 44.0 Å². The topological polar surface area (TPSA) is 38.8 Å². The van der Waals surface area contributed by atoms with Crippen LogP contribution in [0.5, 0.6) is 11.5 Å². The number of para-hydroxylation sites is 1. The van der Waals surface area contributed by atoms with E-state index in [-0.39, 0.29) is 5.91 Å². The van der Waals surface area contributed by atoms with E-state index in [1.54, 1.807) is 31.1 Å². The molecule has 3 rings (SSSR count). The SMILES string of the molecule is CN(C)C(=O)c1ccc(Oc2ccccc2CC2CCOCC2)cc1. The van der Waals surface area contributed by atoms with Crippen molar-refractivity contribution < 1.29 is 14.3 Å². The highest BCUT2D eigenvalue weighted by Gasteiger charge is 2.16. The van der Waals surface area contributed by atoms with E-state index in [0.29, 0.717) is 11.5 Å². The number of hydrogen-bond acceptors (Lipinski definition) is 3. The fourth-order valence-electron chi connectivity index (χ4n) is 3.08. The number of rotatable bonds is 5. The highest BCUT2D eigenvalue weighted by Crippen LogP contribution is 2.29. The lowest BCUT2D eigenvalue weighted by atomic mass is 9.92. The molecule has 1 heterocycles. The van der Waals surface area contributed by atoms with Crippen LogP contribution in [0.2, 0.25) is 0 Å². The van der Waals surface area contributed by atoms with Gasteiger partial charge in [-0.25, -0.2) is 0 Å². The maximum absolute atomic E-state index is 12.0. The number of ether oxygens (including phenoxy) is 2. The number of amides is 1. The Morgan fingerprint density at radius 2 is 1.76 bits per heavy atom. The van der Waals surface area contributed by atoms with Crippen molar-refractivity contribution in [2.75, 3.05) is 27.3 Å². The maximum atomic E-state index is 12.0. The van der Waals surface area contributed by atoms with Crippen molar-refractivity contribution >= 4 is 5.91 Å². The van der Waals surface area contributed by atoms with Crippen LogP contribution >= 0.6 is 0 Å². The van der Waals surface area contributed by atoms with Gasteiger partial charge in [-0.15, -0.1) is 0 Å². The second kappa shape index (κ2) is 8.17. The van der Waals surface area contributed by atoms with E-state index in [1.165, 1.54) is 5.56 Å². The molecule has 0 radical (unpaired) electrons. The Kier molecular flexibility index (Phi) is 5.71. The molecule has 0 aliphatic carbocycles. The van der Waals surface area contributed by atoms with Gasteiger partial charge in [0.1, 0.15) is 11.5 Å². The molecule has 0 saturated carbocycles. The Morgan fingerprint density at radius 1 is 1.08 bits per heavy atom. The van der Waals surface area contributed by atoms with Crippen LogP contribution in [0.3, 0.4) is 0 Å². The second-order valence-corrected chi connectivity index (χ2v) is 6.69. The van der Waals surface area contributed by atoms with E-state index in [1.807, 2.05) is 24.3 Å². The molecule has 25 heavy (non-hydrogen) atoms. The summed E-state index contributed by atoms with van der Waals surface area (Å²) in [5, 5.41) is 0. The van der Waals surface area contributed by atoms with Gasteiger partial charge in [0.05, 0.1) is 0 Å². The molecule has 2 aromatic rings. The van der Waals surface area contributed by atoms with Gasteiger partial charge in [-0.05, 0) is 61.1 Å². The summed E-state index contributed by atoms with van der Waals surface area (Å²) in [6, 6.07) is 15.5. The molecule has 132 valence electrons. The molecule has 1 aliphatic heterocycles. The lowest BCUT2D eigenvalue weighted by Gasteiger charge is -2.23. The zero-order chi connectivity index (χ0) is 17.6. The molecular formula is C21H25NO3. The van der Waals surface area contributed by atoms with Gasteiger partial charge in [-0.2, -0.15) is 0 Å². The smallest absolute Gasteiger partial charge is 0.253 e. The van der Waals surface area contributed by atoms with Crippen LogP contribution in [-0.4, -0.2) is 38.1 Å². The predicted molar refractivity (Wildman–Crippen MR) is 98.2 cm³/mol. The summed E-state index contributed by atoms with van der Waals surface area (Å²) < 4.78 is 11.5. The Labute approximate surface area is 149 Å². The van der Waals surface area contributed by atoms with Crippen molar-refractivity contribution in [3.05, 3.63) is 59.7 Å². The van der Waals surface area contributed by atoms with Gasteiger partial charge in [0.25, 0.3) is 5.91 Å². The number of nitrogens with zero attached hydrogens (tertiary/aromatic N) is 1. The second-order valence-electron chi connectivity index (χ2n) is 6.69. The molecule has 0 aromatic heterocycles. The number of carbonyl (C=O) groups excluding carboxylic acids is 1. The molecule has 0 spiro atoms. The van der Waals surface area contributed by atoms with Crippen molar-refractivity contribution in [1.82, 2.24) is 4.90 Å². The van der Waals surface area contributed by atoms with Gasteiger partial charge < -0.3 is 14.4 Å². The molecule has 1 saturated heterocycles. The highest BCUT2D eigenvalue weighted by atomic mass is 16.5. The molecule has 4 heteroatoms. The minimum absolute atomic E-state index is 0.00790. The summed E-state index contributed by atoms with van der Waals surface area (Å²) >= 11 is 0. The van der Waals surface area contributed by atoms with Crippen LogP contribution in [0.15, 0.2) is 48.5 Å². The van der Waals surface area contributed by atoms with Gasteiger partial charge in [-0.1, -0.05) is 18.2 Å². The third-order valence-corrected chi connectivity index (χ3v) is 4.56. The van der Waals surface area contributed by atoms with Gasteiger partial charge in [0, 0.05) is 32.9 Å². The van der Waals surface area contributed by atoms with Crippen molar-refractivity contribution in [2.24, 2.45) is 5.92 Å². The predicted octanol–water partition coefficient (Wildman–Crippen LogP) is 4.15. The van der Waals surface area contributed by atoms with E-state index in [9.17, 15) is 4.79 Å². The Balaban J connectivity index is 1.71. The molecule has 1 amide bonds. The molecule has 2 aromatic carbocycles. The summed E-state index contributed by atoms with van der Waals surface area (Å²) in [6.07, 6.45) is 3.22. The summed E-state index contributed by atoms with van der Waals surface area (Å²) in [6.45, 7) is 1.71. The largest absolute Gasteiger partial charge is 0.457 e. The van der Waals surface area contributed by atoms with Crippen molar-refractivity contribution in [3.63, 3.8) is 0 Å². The molecule has 0 bridgehead atoms. The Hall–Kier alpha value is -2.33. The van der Waals surface area contributed by atoms with Crippen molar-refractivity contribution in [1.29, 1.82) is 0 Å². The first-order chi connectivity index (χ1) is 12.1. The lowest BCUT2D eigenvalue weighted by Crippen LogP contribution is -2.21. The van der Waals surface area contributed by atoms with Crippen LogP contribution in [0.25, 0.3) is 0 Å². The third-order valence-electron chi connectivity index (χ3n) is 4.56. The molecular weight excluding hydrogens is 314 g/mol. The zero-order valence-electron chi connectivity index (χ0n) is 14.9. The molecule has 1 aliphatic rings. The average molecular weight is 339 g/mol. The van der Waals surface area contributed by atoms with Crippen molar-refractivity contribution in [2.45, 2.75) is 19.3 Å². The van der Waals surface area contributed by atoms with Crippen LogP contribution in [0, 0.1) is 5.92 Å². The molecule has 0 N–H and O–H groups in total. The van der Waals surface area contributed by atoms with Gasteiger partial charge in [0.15, 0.2) is 0 Å². The average Bonchev–Trinajstić information content (AvgIpc) is 2.64.